The Hall–Kier alpha value is -3.22. The molecule has 0 fully saturated rings. The molecule has 7 heteroatoms. The second kappa shape index (κ2) is 9.12. The van der Waals surface area contributed by atoms with E-state index in [1.54, 1.807) is 44.2 Å². The molecular weight excluding hydrogens is 362 g/mol. The lowest BCUT2D eigenvalue weighted by Crippen LogP contribution is -2.35. The van der Waals surface area contributed by atoms with E-state index < -0.39 is 17.9 Å². The van der Waals surface area contributed by atoms with Crippen molar-refractivity contribution in [1.82, 2.24) is 5.32 Å². The summed E-state index contributed by atoms with van der Waals surface area (Å²) in [6.07, 6.45) is -0.0449. The average molecular weight is 387 g/mol. The molecule has 0 bridgehead atoms. The van der Waals surface area contributed by atoms with Gasteiger partial charge < -0.3 is 24.6 Å². The second-order valence-corrected chi connectivity index (χ2v) is 6.34. The molecule has 0 spiro atoms. The first-order valence-electron chi connectivity index (χ1n) is 8.69. The zero-order valence-corrected chi connectivity index (χ0v) is 16.7. The zero-order valence-electron chi connectivity index (χ0n) is 16.7. The second-order valence-electron chi connectivity index (χ2n) is 6.34. The summed E-state index contributed by atoms with van der Waals surface area (Å²) >= 11 is 0. The smallest absolute Gasteiger partial charge is 0.333 e. The van der Waals surface area contributed by atoms with Crippen LogP contribution in [0.15, 0.2) is 30.3 Å². The van der Waals surface area contributed by atoms with Crippen molar-refractivity contribution in [2.24, 2.45) is 0 Å². The van der Waals surface area contributed by atoms with Gasteiger partial charge in [0.2, 0.25) is 5.91 Å². The number of benzene rings is 2. The predicted octanol–water partition coefficient (Wildman–Crippen LogP) is 2.60. The third kappa shape index (κ3) is 4.54. The van der Waals surface area contributed by atoms with Crippen molar-refractivity contribution >= 4 is 11.9 Å². The molecule has 2 aromatic rings. The Morgan fingerprint density at radius 3 is 2.04 bits per heavy atom. The Morgan fingerprint density at radius 1 is 1.04 bits per heavy atom. The first-order chi connectivity index (χ1) is 13.3. The van der Waals surface area contributed by atoms with E-state index in [9.17, 15) is 14.7 Å². The molecule has 0 saturated carbocycles. The van der Waals surface area contributed by atoms with Gasteiger partial charge in [-0.15, -0.1) is 0 Å². The summed E-state index contributed by atoms with van der Waals surface area (Å²) in [5.41, 5.74) is 2.31. The number of ether oxygens (including phenoxy) is 3. The van der Waals surface area contributed by atoms with Gasteiger partial charge in [0, 0.05) is 5.56 Å². The van der Waals surface area contributed by atoms with Gasteiger partial charge in [-0.2, -0.15) is 0 Å². The van der Waals surface area contributed by atoms with Gasteiger partial charge in [-0.3, -0.25) is 4.79 Å². The molecule has 150 valence electrons. The minimum absolute atomic E-state index is 0.0449. The van der Waals surface area contributed by atoms with Gasteiger partial charge in [0.15, 0.2) is 6.04 Å². The van der Waals surface area contributed by atoms with Gasteiger partial charge in [0.1, 0.15) is 17.2 Å². The van der Waals surface area contributed by atoms with E-state index in [1.165, 1.54) is 21.3 Å². The first-order valence-corrected chi connectivity index (χ1v) is 8.69. The maximum absolute atomic E-state index is 12.7. The van der Waals surface area contributed by atoms with Crippen molar-refractivity contribution < 1.29 is 28.9 Å². The fraction of sp³-hybridized carbons (Fsp3) is 0.333. The Morgan fingerprint density at radius 2 is 1.57 bits per heavy atom. The minimum Gasteiger partial charge on any atom is -0.507 e. The minimum atomic E-state index is -1.00. The molecule has 7 nitrogen and oxygen atoms in total. The number of methoxy groups -OCH3 is 3. The number of carbonyl (C=O) groups is 2. The molecular formula is C21H25NO6. The van der Waals surface area contributed by atoms with E-state index in [4.69, 9.17) is 14.2 Å². The summed E-state index contributed by atoms with van der Waals surface area (Å²) in [7, 11) is 4.27. The van der Waals surface area contributed by atoms with Crippen molar-refractivity contribution in [3.63, 3.8) is 0 Å². The SMILES string of the molecule is COC(=O)[C@H](NC(=O)Cc1c(OC)cccc1OC)c1cc(C)c(O)c(C)c1. The van der Waals surface area contributed by atoms with E-state index in [-0.39, 0.29) is 12.2 Å². The van der Waals surface area contributed by atoms with E-state index >= 15 is 0 Å². The molecule has 2 aromatic carbocycles. The summed E-state index contributed by atoms with van der Waals surface area (Å²) in [6, 6.07) is 7.52. The van der Waals surface area contributed by atoms with Crippen molar-refractivity contribution in [2.75, 3.05) is 21.3 Å². The van der Waals surface area contributed by atoms with Crippen LogP contribution in [0.4, 0.5) is 0 Å². The van der Waals surface area contributed by atoms with E-state index in [2.05, 4.69) is 5.32 Å². The fourth-order valence-electron chi connectivity index (χ4n) is 3.03. The van der Waals surface area contributed by atoms with Crippen LogP contribution in [0.25, 0.3) is 0 Å². The summed E-state index contributed by atoms with van der Waals surface area (Å²) in [5, 5.41) is 12.7. The van der Waals surface area contributed by atoms with Crippen LogP contribution in [-0.4, -0.2) is 38.3 Å². The summed E-state index contributed by atoms with van der Waals surface area (Å²) in [5.74, 6) is 0.171. The van der Waals surface area contributed by atoms with Crippen molar-refractivity contribution in [2.45, 2.75) is 26.3 Å². The molecule has 0 heterocycles. The number of rotatable bonds is 7. The Bertz CT molecular complexity index is 832. The summed E-state index contributed by atoms with van der Waals surface area (Å²) in [4.78, 5) is 25.0. The standard InChI is InChI=1S/C21H25NO6/c1-12-9-14(10-13(2)20(12)24)19(21(25)28-5)22-18(23)11-15-16(26-3)7-6-8-17(15)27-4/h6-10,19,24H,11H2,1-5H3,(H,22,23)/t19-/m1/s1. The van der Waals surface area contributed by atoms with Gasteiger partial charge in [0.25, 0.3) is 0 Å². The lowest BCUT2D eigenvalue weighted by molar-refractivity contribution is -0.145. The molecule has 0 radical (unpaired) electrons. The summed E-state index contributed by atoms with van der Waals surface area (Å²) in [6.45, 7) is 3.45. The summed E-state index contributed by atoms with van der Waals surface area (Å²) < 4.78 is 15.5. The predicted molar refractivity (Wildman–Crippen MR) is 104 cm³/mol. The molecule has 1 atom stereocenters. The van der Waals surface area contributed by atoms with Gasteiger partial charge in [0.05, 0.1) is 27.8 Å². The first kappa shape index (κ1) is 21.1. The normalized spacial score (nSPS) is 11.5. The molecule has 28 heavy (non-hydrogen) atoms. The number of aryl methyl sites for hydroxylation is 2. The lowest BCUT2D eigenvalue weighted by atomic mass is 9.99. The largest absolute Gasteiger partial charge is 0.507 e. The molecule has 2 rings (SSSR count). The molecule has 0 aliphatic heterocycles. The lowest BCUT2D eigenvalue weighted by Gasteiger charge is -2.19. The van der Waals surface area contributed by atoms with Gasteiger partial charge in [-0.05, 0) is 54.8 Å². The number of phenolic OH excluding ortho intramolecular Hbond substituents is 1. The van der Waals surface area contributed by atoms with Crippen LogP contribution >= 0.6 is 0 Å². The van der Waals surface area contributed by atoms with Gasteiger partial charge >= 0.3 is 5.97 Å². The third-order valence-corrected chi connectivity index (χ3v) is 4.46. The highest BCUT2D eigenvalue weighted by molar-refractivity contribution is 5.87. The number of aromatic hydroxyl groups is 1. The van der Waals surface area contributed by atoms with Crippen LogP contribution in [0, 0.1) is 13.8 Å². The van der Waals surface area contributed by atoms with E-state index in [1.807, 2.05) is 0 Å². The van der Waals surface area contributed by atoms with Crippen molar-refractivity contribution in [3.8, 4) is 17.2 Å². The number of phenols is 1. The van der Waals surface area contributed by atoms with Crippen molar-refractivity contribution in [1.29, 1.82) is 0 Å². The Labute approximate surface area is 164 Å². The topological polar surface area (TPSA) is 94.1 Å². The number of hydrogen-bond acceptors (Lipinski definition) is 6. The number of carbonyl (C=O) groups excluding carboxylic acids is 2. The maximum Gasteiger partial charge on any atom is 0.333 e. The van der Waals surface area contributed by atoms with Gasteiger partial charge in [-0.1, -0.05) is 6.07 Å². The van der Waals surface area contributed by atoms with Crippen LogP contribution in [-0.2, 0) is 20.7 Å². The highest BCUT2D eigenvalue weighted by Gasteiger charge is 2.26. The van der Waals surface area contributed by atoms with Gasteiger partial charge in [-0.25, -0.2) is 4.79 Å². The molecule has 2 N–H and O–H groups in total. The third-order valence-electron chi connectivity index (χ3n) is 4.46. The van der Waals surface area contributed by atoms with Crippen LogP contribution in [0.1, 0.15) is 28.3 Å². The zero-order chi connectivity index (χ0) is 20.8. The van der Waals surface area contributed by atoms with Crippen molar-refractivity contribution in [3.05, 3.63) is 52.6 Å². The van der Waals surface area contributed by atoms with E-state index in [0.717, 1.165) is 0 Å². The van der Waals surface area contributed by atoms with Crippen LogP contribution in [0.3, 0.4) is 0 Å². The highest BCUT2D eigenvalue weighted by Crippen LogP contribution is 2.30. The molecule has 1 amide bonds. The van der Waals surface area contributed by atoms with Crippen LogP contribution in [0.2, 0.25) is 0 Å². The number of hydrogen-bond donors (Lipinski definition) is 2. The van der Waals surface area contributed by atoms with Crippen LogP contribution < -0.4 is 14.8 Å². The maximum atomic E-state index is 12.7. The number of amides is 1. The Balaban J connectivity index is 2.32. The highest BCUT2D eigenvalue weighted by atomic mass is 16.5. The molecule has 0 aliphatic carbocycles. The number of esters is 1. The quantitative estimate of drug-likeness (QED) is 0.710. The van der Waals surface area contributed by atoms with Crippen LogP contribution in [0.5, 0.6) is 17.2 Å². The molecule has 0 aliphatic rings. The fourth-order valence-corrected chi connectivity index (χ4v) is 3.03. The Kier molecular flexibility index (Phi) is 6.87. The molecule has 0 unspecified atom stereocenters. The van der Waals surface area contributed by atoms with E-state index in [0.29, 0.717) is 33.8 Å². The molecule has 0 aromatic heterocycles. The molecule has 0 saturated heterocycles. The monoisotopic (exact) mass is 387 g/mol. The number of nitrogens with one attached hydrogen (secondary N) is 1. The average Bonchev–Trinajstić information content (AvgIpc) is 2.69.